The number of aliphatic hydroxyl groups is 1. The van der Waals surface area contributed by atoms with Gasteiger partial charge in [-0.05, 0) is 68.3 Å². The molecule has 6 nitrogen and oxygen atoms in total. The summed E-state index contributed by atoms with van der Waals surface area (Å²) in [7, 11) is 0. The van der Waals surface area contributed by atoms with Crippen molar-refractivity contribution in [2.45, 2.75) is 38.4 Å². The van der Waals surface area contributed by atoms with Gasteiger partial charge >= 0.3 is 0 Å². The average Bonchev–Trinajstić information content (AvgIpc) is 2.80. The van der Waals surface area contributed by atoms with E-state index in [4.69, 9.17) is 0 Å². The Balaban J connectivity index is 1.85. The smallest absolute Gasteiger partial charge is 0.260 e. The first-order valence-corrected chi connectivity index (χ1v) is 11.8. The molecule has 32 heavy (non-hydrogen) atoms. The number of aromatic nitrogens is 4. The molecule has 1 aromatic carbocycles. The van der Waals surface area contributed by atoms with E-state index < -0.39 is 0 Å². The van der Waals surface area contributed by atoms with Crippen LogP contribution in [0.2, 0.25) is 0 Å². The number of rotatable bonds is 7. The third-order valence-electron chi connectivity index (χ3n) is 5.48. The van der Waals surface area contributed by atoms with Crippen molar-refractivity contribution in [2.24, 2.45) is 0 Å². The molecule has 4 aromatic rings. The molecule has 4 rings (SSSR count). The van der Waals surface area contributed by atoms with Crippen LogP contribution >= 0.6 is 11.8 Å². The van der Waals surface area contributed by atoms with Crippen molar-refractivity contribution >= 4 is 22.8 Å². The summed E-state index contributed by atoms with van der Waals surface area (Å²) in [6.45, 7) is 4.59. The van der Waals surface area contributed by atoms with Crippen molar-refractivity contribution in [2.75, 3.05) is 12.9 Å². The minimum absolute atomic E-state index is 0.0780. The average molecular weight is 447 g/mol. The molecule has 0 amide bonds. The van der Waals surface area contributed by atoms with Crippen LogP contribution in [0.4, 0.5) is 0 Å². The maximum atomic E-state index is 13.5. The standard InChI is InChI=1S/C25H26N4O2S/c1-16-13-18(22-8-6-7-17(2)27-22)9-10-20(16)21-14-19-15-26-25(32-3)28-23(19)29(24(21)31)11-4-5-12-30/h6-10,13-15,30H,4-5,11-12H2,1-3H3. The van der Waals surface area contributed by atoms with Gasteiger partial charge in [0.25, 0.3) is 5.56 Å². The van der Waals surface area contributed by atoms with Gasteiger partial charge in [0.1, 0.15) is 5.65 Å². The molecule has 164 valence electrons. The lowest BCUT2D eigenvalue weighted by atomic mass is 9.97. The van der Waals surface area contributed by atoms with Crippen molar-refractivity contribution in [3.63, 3.8) is 0 Å². The van der Waals surface area contributed by atoms with Gasteiger partial charge in [-0.3, -0.25) is 14.3 Å². The normalized spacial score (nSPS) is 11.2. The number of benzene rings is 1. The van der Waals surface area contributed by atoms with Gasteiger partial charge in [-0.15, -0.1) is 0 Å². The number of fused-ring (bicyclic) bond motifs is 1. The predicted molar refractivity (Wildman–Crippen MR) is 130 cm³/mol. The van der Waals surface area contributed by atoms with E-state index in [2.05, 4.69) is 21.0 Å². The molecule has 0 aliphatic heterocycles. The van der Waals surface area contributed by atoms with Crippen LogP contribution in [0.25, 0.3) is 33.4 Å². The molecule has 0 radical (unpaired) electrons. The Morgan fingerprint density at radius 1 is 1.03 bits per heavy atom. The number of hydrogen-bond acceptors (Lipinski definition) is 6. The lowest BCUT2D eigenvalue weighted by Crippen LogP contribution is -2.23. The number of unbranched alkanes of at least 4 members (excludes halogenated alkanes) is 1. The molecule has 0 atom stereocenters. The van der Waals surface area contributed by atoms with E-state index >= 15 is 0 Å². The van der Waals surface area contributed by atoms with Gasteiger partial charge in [-0.25, -0.2) is 9.97 Å². The zero-order valence-corrected chi connectivity index (χ0v) is 19.3. The van der Waals surface area contributed by atoms with Crippen LogP contribution in [-0.4, -0.2) is 37.5 Å². The Hall–Kier alpha value is -3.03. The summed E-state index contributed by atoms with van der Waals surface area (Å²) >= 11 is 1.45. The maximum Gasteiger partial charge on any atom is 0.260 e. The summed E-state index contributed by atoms with van der Waals surface area (Å²) < 4.78 is 1.72. The SMILES string of the molecule is CSc1ncc2cc(-c3ccc(-c4cccc(C)n4)cc3C)c(=O)n(CCCCO)c2n1. The molecule has 0 fully saturated rings. The van der Waals surface area contributed by atoms with Crippen molar-refractivity contribution in [1.29, 1.82) is 0 Å². The molecule has 1 N–H and O–H groups in total. The fourth-order valence-corrected chi connectivity index (χ4v) is 4.19. The molecular formula is C25H26N4O2S. The third-order valence-corrected chi connectivity index (χ3v) is 6.04. The Morgan fingerprint density at radius 2 is 1.88 bits per heavy atom. The second kappa shape index (κ2) is 9.63. The third kappa shape index (κ3) is 4.45. The van der Waals surface area contributed by atoms with Crippen molar-refractivity contribution in [3.05, 3.63) is 70.3 Å². The molecule has 0 saturated heterocycles. The highest BCUT2D eigenvalue weighted by Gasteiger charge is 2.15. The highest BCUT2D eigenvalue weighted by Crippen LogP contribution is 2.28. The second-order valence-corrected chi connectivity index (χ2v) is 8.55. The van der Waals surface area contributed by atoms with E-state index in [1.165, 1.54) is 11.8 Å². The Morgan fingerprint density at radius 3 is 2.59 bits per heavy atom. The van der Waals surface area contributed by atoms with Gasteiger partial charge in [0, 0.05) is 41.6 Å². The zero-order valence-electron chi connectivity index (χ0n) is 18.5. The number of pyridine rings is 2. The fourth-order valence-electron chi connectivity index (χ4n) is 3.85. The number of hydrogen-bond donors (Lipinski definition) is 1. The molecule has 0 bridgehead atoms. The zero-order chi connectivity index (χ0) is 22.7. The summed E-state index contributed by atoms with van der Waals surface area (Å²) in [5.74, 6) is 0. The van der Waals surface area contributed by atoms with E-state index in [1.54, 1.807) is 10.8 Å². The van der Waals surface area contributed by atoms with E-state index in [1.807, 2.05) is 56.5 Å². The summed E-state index contributed by atoms with van der Waals surface area (Å²) in [6.07, 6.45) is 5.03. The molecule has 0 saturated carbocycles. The monoisotopic (exact) mass is 446 g/mol. The Bertz CT molecular complexity index is 1330. The van der Waals surface area contributed by atoms with E-state index in [9.17, 15) is 9.90 Å². The number of thioether (sulfide) groups is 1. The van der Waals surface area contributed by atoms with Crippen LogP contribution in [0.5, 0.6) is 0 Å². The predicted octanol–water partition coefficient (Wildman–Crippen LogP) is 4.63. The first-order valence-electron chi connectivity index (χ1n) is 10.6. The minimum atomic E-state index is -0.0780. The second-order valence-electron chi connectivity index (χ2n) is 7.78. The van der Waals surface area contributed by atoms with Gasteiger partial charge in [-0.2, -0.15) is 0 Å². The van der Waals surface area contributed by atoms with Crippen molar-refractivity contribution in [3.8, 4) is 22.4 Å². The molecule has 0 spiro atoms. The van der Waals surface area contributed by atoms with Crippen LogP contribution in [0.15, 0.2) is 58.6 Å². The quantitative estimate of drug-likeness (QED) is 0.253. The minimum Gasteiger partial charge on any atom is -0.396 e. The molecular weight excluding hydrogens is 420 g/mol. The molecule has 0 aliphatic rings. The van der Waals surface area contributed by atoms with Gasteiger partial charge < -0.3 is 5.11 Å². The van der Waals surface area contributed by atoms with Gasteiger partial charge in [-0.1, -0.05) is 30.0 Å². The first-order chi connectivity index (χ1) is 15.5. The highest BCUT2D eigenvalue weighted by molar-refractivity contribution is 7.98. The molecule has 0 aliphatic carbocycles. The van der Waals surface area contributed by atoms with Crippen LogP contribution in [0.3, 0.4) is 0 Å². The first kappa shape index (κ1) is 22.2. The van der Waals surface area contributed by atoms with Gasteiger partial charge in [0.2, 0.25) is 0 Å². The van der Waals surface area contributed by atoms with Crippen LogP contribution in [0, 0.1) is 13.8 Å². The number of aliphatic hydroxyl groups excluding tert-OH is 1. The Labute approximate surface area is 191 Å². The number of aryl methyl sites for hydroxylation is 3. The molecule has 7 heteroatoms. The summed E-state index contributed by atoms with van der Waals surface area (Å²) in [6, 6.07) is 13.9. The lowest BCUT2D eigenvalue weighted by molar-refractivity contribution is 0.281. The van der Waals surface area contributed by atoms with Crippen molar-refractivity contribution in [1.82, 2.24) is 19.5 Å². The van der Waals surface area contributed by atoms with E-state index in [0.717, 1.165) is 33.5 Å². The van der Waals surface area contributed by atoms with Crippen LogP contribution < -0.4 is 5.56 Å². The van der Waals surface area contributed by atoms with E-state index in [0.29, 0.717) is 35.8 Å². The molecule has 3 aromatic heterocycles. The summed E-state index contributed by atoms with van der Waals surface area (Å²) in [4.78, 5) is 27.2. The topological polar surface area (TPSA) is 80.9 Å². The van der Waals surface area contributed by atoms with Crippen LogP contribution in [0.1, 0.15) is 24.1 Å². The summed E-state index contributed by atoms with van der Waals surface area (Å²) in [5.41, 5.74) is 5.98. The lowest BCUT2D eigenvalue weighted by Gasteiger charge is -2.14. The Kier molecular flexibility index (Phi) is 6.67. The number of nitrogens with zero attached hydrogens (tertiary/aromatic N) is 4. The molecule has 3 heterocycles. The van der Waals surface area contributed by atoms with Gasteiger partial charge in [0.15, 0.2) is 5.16 Å². The largest absolute Gasteiger partial charge is 0.396 e. The molecule has 0 unspecified atom stereocenters. The van der Waals surface area contributed by atoms with Gasteiger partial charge in [0.05, 0.1) is 5.69 Å². The fraction of sp³-hybridized carbons (Fsp3) is 0.280. The highest BCUT2D eigenvalue weighted by atomic mass is 32.2. The van der Waals surface area contributed by atoms with E-state index in [-0.39, 0.29) is 12.2 Å². The van der Waals surface area contributed by atoms with Crippen LogP contribution in [-0.2, 0) is 6.54 Å². The summed E-state index contributed by atoms with van der Waals surface area (Å²) in [5, 5.41) is 10.6. The maximum absolute atomic E-state index is 13.5. The van der Waals surface area contributed by atoms with Crippen molar-refractivity contribution < 1.29 is 5.11 Å².